The molecule has 4 amide bonds. The zero-order valence-electron chi connectivity index (χ0n) is 12.9. The van der Waals surface area contributed by atoms with Crippen LogP contribution in [0.1, 0.15) is 11.3 Å². The molecule has 7 nitrogen and oxygen atoms in total. The lowest BCUT2D eigenvalue weighted by Gasteiger charge is -2.12. The first kappa shape index (κ1) is 15.5. The van der Waals surface area contributed by atoms with Gasteiger partial charge in [0.15, 0.2) is 0 Å². The van der Waals surface area contributed by atoms with Crippen LogP contribution in [0.15, 0.2) is 52.8 Å². The summed E-state index contributed by atoms with van der Waals surface area (Å²) in [4.78, 5) is 37.1. The van der Waals surface area contributed by atoms with Crippen molar-refractivity contribution in [3.8, 4) is 0 Å². The fraction of sp³-hybridized carbons (Fsp3) is 0.118. The number of hydrogen-bond donors (Lipinski definition) is 2. The summed E-state index contributed by atoms with van der Waals surface area (Å²) in [5.74, 6) is -0.594. The fourth-order valence-electron chi connectivity index (χ4n) is 2.30. The summed E-state index contributed by atoms with van der Waals surface area (Å²) < 4.78 is 5.11. The highest BCUT2D eigenvalue weighted by Gasteiger charge is 2.35. The quantitative estimate of drug-likeness (QED) is 0.665. The average Bonchev–Trinajstić information content (AvgIpc) is 3.12. The van der Waals surface area contributed by atoms with Gasteiger partial charge in [0.2, 0.25) is 5.91 Å². The van der Waals surface area contributed by atoms with Crippen molar-refractivity contribution in [3.05, 3.63) is 59.7 Å². The maximum Gasteiger partial charge on any atom is 0.329 e. The van der Waals surface area contributed by atoms with Crippen LogP contribution in [0.5, 0.6) is 0 Å². The summed E-state index contributed by atoms with van der Waals surface area (Å²) in [6.07, 6.45) is 2.87. The van der Waals surface area contributed by atoms with Crippen LogP contribution in [0.25, 0.3) is 6.08 Å². The third-order valence-corrected chi connectivity index (χ3v) is 3.40. The minimum absolute atomic E-state index is 0.0679. The smallest absolute Gasteiger partial charge is 0.329 e. The Morgan fingerprint density at radius 2 is 2.12 bits per heavy atom. The number of aryl methyl sites for hydroxylation is 1. The number of carbonyl (C=O) groups excluding carboxylic acids is 3. The van der Waals surface area contributed by atoms with E-state index in [9.17, 15) is 14.4 Å². The minimum atomic E-state index is -0.641. The summed E-state index contributed by atoms with van der Waals surface area (Å²) in [6.45, 7) is 1.53. The molecule has 24 heavy (non-hydrogen) atoms. The first-order valence-electron chi connectivity index (χ1n) is 7.27. The largest absolute Gasteiger partial charge is 0.465 e. The molecule has 0 radical (unpaired) electrons. The highest BCUT2D eigenvalue weighted by atomic mass is 16.3. The first-order valence-corrected chi connectivity index (χ1v) is 7.27. The number of benzene rings is 1. The normalized spacial score (nSPS) is 15.7. The predicted molar refractivity (Wildman–Crippen MR) is 86.7 cm³/mol. The number of anilines is 1. The van der Waals surface area contributed by atoms with E-state index in [1.54, 1.807) is 24.3 Å². The van der Waals surface area contributed by atoms with Crippen LogP contribution in [0.3, 0.4) is 0 Å². The molecule has 0 aliphatic carbocycles. The van der Waals surface area contributed by atoms with Gasteiger partial charge in [0.25, 0.3) is 5.91 Å². The SMILES string of the molecule is Cc1cccc(NC(=O)CN2C(=O)N/C(=C/c3ccco3)C2=O)c1. The van der Waals surface area contributed by atoms with Gasteiger partial charge in [0.1, 0.15) is 18.0 Å². The molecule has 2 N–H and O–H groups in total. The van der Waals surface area contributed by atoms with E-state index in [-0.39, 0.29) is 12.2 Å². The maximum atomic E-state index is 12.2. The van der Waals surface area contributed by atoms with Crippen LogP contribution in [-0.4, -0.2) is 29.3 Å². The lowest BCUT2D eigenvalue weighted by molar-refractivity contribution is -0.127. The lowest BCUT2D eigenvalue weighted by atomic mass is 10.2. The van der Waals surface area contributed by atoms with Gasteiger partial charge >= 0.3 is 6.03 Å². The summed E-state index contributed by atoms with van der Waals surface area (Å²) in [5.41, 5.74) is 1.67. The van der Waals surface area contributed by atoms with Crippen LogP contribution >= 0.6 is 0 Å². The molecule has 1 aromatic carbocycles. The number of rotatable bonds is 4. The lowest BCUT2D eigenvalue weighted by Crippen LogP contribution is -2.38. The maximum absolute atomic E-state index is 12.2. The highest BCUT2D eigenvalue weighted by Crippen LogP contribution is 2.15. The molecule has 0 saturated carbocycles. The Labute approximate surface area is 137 Å². The standard InChI is InChI=1S/C17H15N3O4/c1-11-4-2-5-12(8-11)18-15(21)10-20-16(22)14(19-17(20)23)9-13-6-3-7-24-13/h2-9H,10H2,1H3,(H,18,21)(H,19,23)/b14-9+. The molecule has 2 aromatic rings. The Morgan fingerprint density at radius 1 is 1.29 bits per heavy atom. The second kappa shape index (κ2) is 6.41. The molecule has 1 aliphatic rings. The van der Waals surface area contributed by atoms with E-state index < -0.39 is 17.8 Å². The molecule has 1 saturated heterocycles. The number of imide groups is 1. The van der Waals surface area contributed by atoms with Crippen molar-refractivity contribution in [1.82, 2.24) is 10.2 Å². The van der Waals surface area contributed by atoms with Crippen molar-refractivity contribution in [2.45, 2.75) is 6.92 Å². The molecular formula is C17H15N3O4. The summed E-state index contributed by atoms with van der Waals surface area (Å²) in [6, 6.07) is 9.92. The Balaban J connectivity index is 1.67. The van der Waals surface area contributed by atoms with Crippen LogP contribution < -0.4 is 10.6 Å². The second-order valence-electron chi connectivity index (χ2n) is 5.31. The van der Waals surface area contributed by atoms with Crippen molar-refractivity contribution >= 4 is 29.6 Å². The molecule has 1 fully saturated rings. The van der Waals surface area contributed by atoms with E-state index in [1.807, 2.05) is 19.1 Å². The number of nitrogens with one attached hydrogen (secondary N) is 2. The van der Waals surface area contributed by atoms with Crippen LogP contribution in [-0.2, 0) is 9.59 Å². The van der Waals surface area contributed by atoms with E-state index in [2.05, 4.69) is 10.6 Å². The molecule has 122 valence electrons. The monoisotopic (exact) mass is 325 g/mol. The van der Waals surface area contributed by atoms with Crippen molar-refractivity contribution < 1.29 is 18.8 Å². The Morgan fingerprint density at radius 3 is 2.83 bits per heavy atom. The van der Waals surface area contributed by atoms with E-state index in [0.29, 0.717) is 11.4 Å². The van der Waals surface area contributed by atoms with Gasteiger partial charge in [0, 0.05) is 11.8 Å². The van der Waals surface area contributed by atoms with E-state index in [0.717, 1.165) is 10.5 Å². The molecule has 0 atom stereocenters. The topological polar surface area (TPSA) is 91.7 Å². The minimum Gasteiger partial charge on any atom is -0.465 e. The molecule has 0 bridgehead atoms. The van der Waals surface area contributed by atoms with Gasteiger partial charge in [-0.3, -0.25) is 9.59 Å². The Bertz CT molecular complexity index is 824. The molecule has 3 rings (SSSR count). The first-order chi connectivity index (χ1) is 11.5. The zero-order chi connectivity index (χ0) is 17.1. The average molecular weight is 325 g/mol. The summed E-state index contributed by atoms with van der Waals surface area (Å²) >= 11 is 0. The van der Waals surface area contributed by atoms with Gasteiger partial charge in [-0.1, -0.05) is 12.1 Å². The van der Waals surface area contributed by atoms with Gasteiger partial charge in [-0.25, -0.2) is 9.69 Å². The third-order valence-electron chi connectivity index (χ3n) is 3.40. The molecular weight excluding hydrogens is 310 g/mol. The van der Waals surface area contributed by atoms with Crippen LogP contribution in [0.2, 0.25) is 0 Å². The Hall–Kier alpha value is -3.35. The van der Waals surface area contributed by atoms with Gasteiger partial charge < -0.3 is 15.1 Å². The van der Waals surface area contributed by atoms with Crippen LogP contribution in [0.4, 0.5) is 10.5 Å². The predicted octanol–water partition coefficient (Wildman–Crippen LogP) is 2.12. The van der Waals surface area contributed by atoms with Gasteiger partial charge in [-0.05, 0) is 36.8 Å². The van der Waals surface area contributed by atoms with Crippen molar-refractivity contribution in [3.63, 3.8) is 0 Å². The van der Waals surface area contributed by atoms with Crippen molar-refractivity contribution in [2.75, 3.05) is 11.9 Å². The number of furan rings is 1. The van der Waals surface area contributed by atoms with E-state index in [1.165, 1.54) is 12.3 Å². The number of amides is 4. The highest BCUT2D eigenvalue weighted by molar-refractivity contribution is 6.15. The summed E-state index contributed by atoms with van der Waals surface area (Å²) in [7, 11) is 0. The summed E-state index contributed by atoms with van der Waals surface area (Å²) in [5, 5.41) is 5.09. The zero-order valence-corrected chi connectivity index (χ0v) is 12.9. The molecule has 7 heteroatoms. The third kappa shape index (κ3) is 3.35. The Kier molecular flexibility index (Phi) is 4.15. The number of hydrogen-bond acceptors (Lipinski definition) is 4. The molecule has 2 heterocycles. The molecule has 1 aromatic heterocycles. The van der Waals surface area contributed by atoms with Crippen molar-refractivity contribution in [2.24, 2.45) is 0 Å². The van der Waals surface area contributed by atoms with Crippen LogP contribution in [0, 0.1) is 6.92 Å². The van der Waals surface area contributed by atoms with Gasteiger partial charge in [0.05, 0.1) is 6.26 Å². The number of urea groups is 1. The van der Waals surface area contributed by atoms with Crippen molar-refractivity contribution in [1.29, 1.82) is 0 Å². The van der Waals surface area contributed by atoms with Gasteiger partial charge in [-0.2, -0.15) is 0 Å². The fourth-order valence-corrected chi connectivity index (χ4v) is 2.30. The molecule has 1 aliphatic heterocycles. The number of nitrogens with zero attached hydrogens (tertiary/aromatic N) is 1. The second-order valence-corrected chi connectivity index (χ2v) is 5.31. The molecule has 0 unspecified atom stereocenters. The molecule has 0 spiro atoms. The number of carbonyl (C=O) groups is 3. The van der Waals surface area contributed by atoms with Gasteiger partial charge in [-0.15, -0.1) is 0 Å². The van der Waals surface area contributed by atoms with E-state index in [4.69, 9.17) is 4.42 Å². The van der Waals surface area contributed by atoms with E-state index >= 15 is 0 Å².